The SMILES string of the molecule is CCOC(=O)c1ccc(NC(=O)CCc2nc(-c3cccs3)no2)cc1. The summed E-state index contributed by atoms with van der Waals surface area (Å²) < 4.78 is 10.1. The Kier molecular flexibility index (Phi) is 5.75. The van der Waals surface area contributed by atoms with Gasteiger partial charge in [0.05, 0.1) is 17.0 Å². The van der Waals surface area contributed by atoms with Crippen LogP contribution in [-0.2, 0) is 16.0 Å². The Hall–Kier alpha value is -3.00. The maximum absolute atomic E-state index is 12.1. The first kappa shape index (κ1) is 17.8. The predicted molar refractivity (Wildman–Crippen MR) is 97.0 cm³/mol. The van der Waals surface area contributed by atoms with Crippen molar-refractivity contribution < 1.29 is 18.8 Å². The Bertz CT molecular complexity index is 872. The summed E-state index contributed by atoms with van der Waals surface area (Å²) in [5.74, 6) is 0.388. The summed E-state index contributed by atoms with van der Waals surface area (Å²) in [5.41, 5.74) is 1.05. The summed E-state index contributed by atoms with van der Waals surface area (Å²) in [6, 6.07) is 10.4. The molecule has 8 heteroatoms. The van der Waals surface area contributed by atoms with Crippen LogP contribution in [0.2, 0.25) is 0 Å². The number of ether oxygens (including phenoxy) is 1. The number of rotatable bonds is 7. The van der Waals surface area contributed by atoms with Crippen LogP contribution < -0.4 is 5.32 Å². The van der Waals surface area contributed by atoms with Gasteiger partial charge in [0.15, 0.2) is 0 Å². The van der Waals surface area contributed by atoms with Gasteiger partial charge in [-0.2, -0.15) is 4.98 Å². The van der Waals surface area contributed by atoms with E-state index in [-0.39, 0.29) is 18.3 Å². The lowest BCUT2D eigenvalue weighted by Crippen LogP contribution is -2.12. The number of anilines is 1. The molecule has 0 spiro atoms. The van der Waals surface area contributed by atoms with Gasteiger partial charge in [0.2, 0.25) is 17.6 Å². The van der Waals surface area contributed by atoms with Crippen molar-refractivity contribution in [1.29, 1.82) is 0 Å². The third-order valence-electron chi connectivity index (χ3n) is 3.46. The van der Waals surface area contributed by atoms with Gasteiger partial charge in [0.25, 0.3) is 0 Å². The first-order chi connectivity index (χ1) is 12.7. The van der Waals surface area contributed by atoms with E-state index in [0.717, 1.165) is 4.88 Å². The summed E-state index contributed by atoms with van der Waals surface area (Å²) in [7, 11) is 0. The lowest BCUT2D eigenvalue weighted by atomic mass is 10.2. The molecule has 26 heavy (non-hydrogen) atoms. The molecule has 3 aromatic rings. The van der Waals surface area contributed by atoms with Crippen LogP contribution in [0.15, 0.2) is 46.3 Å². The molecule has 0 atom stereocenters. The van der Waals surface area contributed by atoms with Crippen LogP contribution in [0.3, 0.4) is 0 Å². The zero-order valence-corrected chi connectivity index (χ0v) is 14.9. The molecule has 1 N–H and O–H groups in total. The molecule has 0 radical (unpaired) electrons. The highest BCUT2D eigenvalue weighted by molar-refractivity contribution is 7.13. The number of amides is 1. The van der Waals surface area contributed by atoms with Crippen molar-refractivity contribution >= 4 is 28.9 Å². The number of carbonyl (C=O) groups is 2. The number of aromatic nitrogens is 2. The maximum atomic E-state index is 12.1. The number of nitrogens with zero attached hydrogens (tertiary/aromatic N) is 2. The second-order valence-electron chi connectivity index (χ2n) is 5.34. The predicted octanol–water partition coefficient (Wildman–Crippen LogP) is 3.55. The van der Waals surface area contributed by atoms with E-state index in [9.17, 15) is 9.59 Å². The van der Waals surface area contributed by atoms with E-state index in [4.69, 9.17) is 9.26 Å². The third kappa shape index (κ3) is 4.54. The van der Waals surface area contributed by atoms with Crippen LogP contribution in [0.25, 0.3) is 10.7 Å². The molecule has 2 heterocycles. The highest BCUT2D eigenvalue weighted by Gasteiger charge is 2.12. The summed E-state index contributed by atoms with van der Waals surface area (Å²) >= 11 is 1.52. The van der Waals surface area contributed by atoms with Crippen molar-refractivity contribution in [3.05, 3.63) is 53.2 Å². The molecule has 0 aliphatic carbocycles. The zero-order chi connectivity index (χ0) is 18.4. The van der Waals surface area contributed by atoms with Gasteiger partial charge >= 0.3 is 5.97 Å². The lowest BCUT2D eigenvalue weighted by Gasteiger charge is -2.06. The monoisotopic (exact) mass is 371 g/mol. The Morgan fingerprint density at radius 2 is 2.04 bits per heavy atom. The van der Waals surface area contributed by atoms with E-state index in [1.165, 1.54) is 11.3 Å². The summed E-state index contributed by atoms with van der Waals surface area (Å²) in [5, 5.41) is 8.61. The number of aryl methyl sites for hydroxylation is 1. The van der Waals surface area contributed by atoms with E-state index < -0.39 is 0 Å². The van der Waals surface area contributed by atoms with Gasteiger partial charge in [-0.25, -0.2) is 4.79 Å². The quantitative estimate of drug-likeness (QED) is 0.638. The largest absolute Gasteiger partial charge is 0.462 e. The molecule has 134 valence electrons. The van der Waals surface area contributed by atoms with E-state index >= 15 is 0 Å². The maximum Gasteiger partial charge on any atom is 0.338 e. The third-order valence-corrected chi connectivity index (χ3v) is 4.32. The highest BCUT2D eigenvalue weighted by atomic mass is 32.1. The Labute approximate surface area is 154 Å². The standard InChI is InChI=1S/C18H17N3O4S/c1-2-24-18(23)12-5-7-13(8-6-12)19-15(22)9-10-16-20-17(21-25-16)14-4-3-11-26-14/h3-8,11H,2,9-10H2,1H3,(H,19,22). The van der Waals surface area contributed by atoms with Gasteiger partial charge in [-0.15, -0.1) is 11.3 Å². The van der Waals surface area contributed by atoms with Crippen LogP contribution in [0.5, 0.6) is 0 Å². The van der Waals surface area contributed by atoms with Crippen LogP contribution in [-0.4, -0.2) is 28.6 Å². The van der Waals surface area contributed by atoms with Crippen LogP contribution in [0, 0.1) is 0 Å². The van der Waals surface area contributed by atoms with Crippen molar-refractivity contribution in [2.45, 2.75) is 19.8 Å². The topological polar surface area (TPSA) is 94.3 Å². The number of benzene rings is 1. The first-order valence-electron chi connectivity index (χ1n) is 8.09. The molecule has 0 saturated heterocycles. The van der Waals surface area contributed by atoms with Gasteiger partial charge in [0.1, 0.15) is 0 Å². The molecular formula is C18H17N3O4S. The van der Waals surface area contributed by atoms with E-state index in [1.54, 1.807) is 31.2 Å². The second kappa shape index (κ2) is 8.39. The Morgan fingerprint density at radius 3 is 2.73 bits per heavy atom. The molecular weight excluding hydrogens is 354 g/mol. The number of nitrogens with one attached hydrogen (secondary N) is 1. The molecule has 1 aromatic carbocycles. The normalized spacial score (nSPS) is 10.5. The van der Waals surface area contributed by atoms with Crippen LogP contribution >= 0.6 is 11.3 Å². The fourth-order valence-electron chi connectivity index (χ4n) is 2.21. The van der Waals surface area contributed by atoms with Gasteiger partial charge in [0, 0.05) is 18.5 Å². The fourth-order valence-corrected chi connectivity index (χ4v) is 2.86. The number of thiophene rings is 1. The number of hydrogen-bond acceptors (Lipinski definition) is 7. The van der Waals surface area contributed by atoms with Crippen molar-refractivity contribution in [2.24, 2.45) is 0 Å². The first-order valence-corrected chi connectivity index (χ1v) is 8.97. The van der Waals surface area contributed by atoms with Gasteiger partial charge < -0.3 is 14.6 Å². The van der Waals surface area contributed by atoms with Gasteiger partial charge in [-0.05, 0) is 42.6 Å². The van der Waals surface area contributed by atoms with Crippen molar-refractivity contribution in [2.75, 3.05) is 11.9 Å². The summed E-state index contributed by atoms with van der Waals surface area (Å²) in [6.07, 6.45) is 0.566. The highest BCUT2D eigenvalue weighted by Crippen LogP contribution is 2.21. The number of carbonyl (C=O) groups excluding carboxylic acids is 2. The molecule has 0 aliphatic heterocycles. The van der Waals surface area contributed by atoms with Gasteiger partial charge in [-0.1, -0.05) is 11.2 Å². The van der Waals surface area contributed by atoms with Crippen molar-refractivity contribution in [3.8, 4) is 10.7 Å². The molecule has 0 fully saturated rings. The van der Waals surface area contributed by atoms with Gasteiger partial charge in [-0.3, -0.25) is 4.79 Å². The Morgan fingerprint density at radius 1 is 1.23 bits per heavy atom. The van der Waals surface area contributed by atoms with E-state index in [1.807, 2.05) is 17.5 Å². The zero-order valence-electron chi connectivity index (χ0n) is 14.1. The number of esters is 1. The summed E-state index contributed by atoms with van der Waals surface area (Å²) in [6.45, 7) is 2.07. The minimum absolute atomic E-state index is 0.176. The molecule has 0 saturated carbocycles. The minimum Gasteiger partial charge on any atom is -0.462 e. The number of hydrogen-bond donors (Lipinski definition) is 1. The molecule has 0 aliphatic rings. The van der Waals surface area contributed by atoms with Crippen LogP contribution in [0.4, 0.5) is 5.69 Å². The Balaban J connectivity index is 1.50. The minimum atomic E-state index is -0.386. The average molecular weight is 371 g/mol. The second-order valence-corrected chi connectivity index (χ2v) is 6.28. The smallest absolute Gasteiger partial charge is 0.338 e. The molecule has 7 nitrogen and oxygen atoms in total. The molecule has 0 unspecified atom stereocenters. The fraction of sp³-hybridized carbons (Fsp3) is 0.222. The van der Waals surface area contributed by atoms with Crippen molar-refractivity contribution in [1.82, 2.24) is 10.1 Å². The van der Waals surface area contributed by atoms with Crippen molar-refractivity contribution in [3.63, 3.8) is 0 Å². The van der Waals surface area contributed by atoms with E-state index in [0.29, 0.717) is 36.0 Å². The molecule has 1 amide bonds. The lowest BCUT2D eigenvalue weighted by molar-refractivity contribution is -0.116. The average Bonchev–Trinajstić information content (AvgIpc) is 3.32. The van der Waals surface area contributed by atoms with E-state index in [2.05, 4.69) is 15.5 Å². The molecule has 2 aromatic heterocycles. The molecule has 0 bridgehead atoms. The van der Waals surface area contributed by atoms with Crippen LogP contribution in [0.1, 0.15) is 29.6 Å². The molecule has 3 rings (SSSR count). The summed E-state index contributed by atoms with van der Waals surface area (Å²) in [4.78, 5) is 28.8.